The molecule has 0 bridgehead atoms. The van der Waals surface area contributed by atoms with Crippen molar-refractivity contribution in [1.29, 1.82) is 0 Å². The van der Waals surface area contributed by atoms with Gasteiger partial charge in [0.15, 0.2) is 0 Å². The van der Waals surface area contributed by atoms with Crippen molar-refractivity contribution in [1.82, 2.24) is 15.0 Å². The van der Waals surface area contributed by atoms with Gasteiger partial charge >= 0.3 is 6.18 Å². The summed E-state index contributed by atoms with van der Waals surface area (Å²) >= 11 is 0. The van der Waals surface area contributed by atoms with E-state index in [4.69, 9.17) is 4.74 Å². The number of halogens is 3. The Hall–Kier alpha value is -4.27. The van der Waals surface area contributed by atoms with Gasteiger partial charge in [0.05, 0.1) is 16.8 Å². The molecule has 9 heteroatoms. The second-order valence-corrected chi connectivity index (χ2v) is 6.61. The summed E-state index contributed by atoms with van der Waals surface area (Å²) in [5.41, 5.74) is 0.640. The van der Waals surface area contributed by atoms with E-state index < -0.39 is 17.6 Å². The van der Waals surface area contributed by atoms with Crippen LogP contribution in [0.4, 0.5) is 18.9 Å². The van der Waals surface area contributed by atoms with E-state index in [1.807, 2.05) is 0 Å². The molecule has 0 radical (unpaired) electrons. The standard InChI is InChI=1S/C23H15F3N4O2/c24-23(25,26)16-5-2-6-17(13-16)30-21(31)15-4-1-7-18(12-15)32-22-19(8-3-10-28-22)20-9-11-27-14-29-20/h1-14H,(H,30,31). The van der Waals surface area contributed by atoms with Crippen molar-refractivity contribution < 1.29 is 22.7 Å². The molecule has 0 saturated carbocycles. The molecule has 0 aliphatic carbocycles. The van der Waals surface area contributed by atoms with Gasteiger partial charge in [-0.3, -0.25) is 4.79 Å². The lowest BCUT2D eigenvalue weighted by atomic mass is 10.1. The number of hydrogen-bond acceptors (Lipinski definition) is 5. The molecule has 6 nitrogen and oxygen atoms in total. The average molecular weight is 436 g/mol. The van der Waals surface area contributed by atoms with Gasteiger partial charge in [-0.2, -0.15) is 13.2 Å². The van der Waals surface area contributed by atoms with E-state index in [1.165, 1.54) is 30.6 Å². The largest absolute Gasteiger partial charge is 0.438 e. The van der Waals surface area contributed by atoms with Crippen molar-refractivity contribution in [2.24, 2.45) is 0 Å². The lowest BCUT2D eigenvalue weighted by molar-refractivity contribution is -0.137. The molecule has 160 valence electrons. The molecule has 0 atom stereocenters. The van der Waals surface area contributed by atoms with E-state index in [9.17, 15) is 18.0 Å². The molecule has 4 rings (SSSR count). The zero-order valence-electron chi connectivity index (χ0n) is 16.4. The highest BCUT2D eigenvalue weighted by atomic mass is 19.4. The van der Waals surface area contributed by atoms with Crippen LogP contribution in [0.2, 0.25) is 0 Å². The molecule has 0 fully saturated rings. The normalized spacial score (nSPS) is 11.1. The molecule has 2 aromatic carbocycles. The molecule has 2 aromatic heterocycles. The fourth-order valence-electron chi connectivity index (χ4n) is 2.91. The van der Waals surface area contributed by atoms with Gasteiger partial charge in [0.1, 0.15) is 12.1 Å². The van der Waals surface area contributed by atoms with Gasteiger partial charge < -0.3 is 10.1 Å². The van der Waals surface area contributed by atoms with Crippen LogP contribution in [-0.2, 0) is 6.18 Å². The fourth-order valence-corrected chi connectivity index (χ4v) is 2.91. The molecule has 1 amide bonds. The van der Waals surface area contributed by atoms with Crippen molar-refractivity contribution in [2.45, 2.75) is 6.18 Å². The number of carbonyl (C=O) groups is 1. The summed E-state index contributed by atoms with van der Waals surface area (Å²) in [5.74, 6) is 0.0316. The summed E-state index contributed by atoms with van der Waals surface area (Å²) in [6.07, 6.45) is 0.0610. The predicted molar refractivity (Wildman–Crippen MR) is 111 cm³/mol. The Kier molecular flexibility index (Phi) is 5.80. The topological polar surface area (TPSA) is 77.0 Å². The predicted octanol–water partition coefficient (Wildman–Crippen LogP) is 5.60. The lowest BCUT2D eigenvalue weighted by Gasteiger charge is -2.12. The second kappa shape index (κ2) is 8.84. The quantitative estimate of drug-likeness (QED) is 0.441. The van der Waals surface area contributed by atoms with Crippen LogP contribution in [0.15, 0.2) is 85.5 Å². The molecule has 0 unspecified atom stereocenters. The lowest BCUT2D eigenvalue weighted by Crippen LogP contribution is -2.13. The first-order valence-electron chi connectivity index (χ1n) is 9.38. The van der Waals surface area contributed by atoms with Gasteiger partial charge in [-0.25, -0.2) is 15.0 Å². The summed E-state index contributed by atoms with van der Waals surface area (Å²) < 4.78 is 44.6. The van der Waals surface area contributed by atoms with Crippen LogP contribution in [0, 0.1) is 0 Å². The van der Waals surface area contributed by atoms with Gasteiger partial charge in [-0.15, -0.1) is 0 Å². The van der Waals surface area contributed by atoms with Crippen LogP contribution in [0.25, 0.3) is 11.3 Å². The maximum absolute atomic E-state index is 12.9. The van der Waals surface area contributed by atoms with E-state index in [2.05, 4.69) is 20.3 Å². The summed E-state index contributed by atoms with van der Waals surface area (Å²) in [6.45, 7) is 0. The molecule has 0 aliphatic rings. The molecule has 32 heavy (non-hydrogen) atoms. The molecule has 0 aliphatic heterocycles. The SMILES string of the molecule is O=C(Nc1cccc(C(F)(F)F)c1)c1cccc(Oc2ncccc2-c2ccncn2)c1. The molecule has 2 heterocycles. The minimum absolute atomic E-state index is 0.0342. The van der Waals surface area contributed by atoms with Gasteiger partial charge in [-0.1, -0.05) is 12.1 Å². The first-order valence-corrected chi connectivity index (χ1v) is 9.38. The number of hydrogen-bond donors (Lipinski definition) is 1. The van der Waals surface area contributed by atoms with Crippen LogP contribution in [0.3, 0.4) is 0 Å². The van der Waals surface area contributed by atoms with Crippen LogP contribution in [0.1, 0.15) is 15.9 Å². The third-order valence-electron chi connectivity index (χ3n) is 4.39. The summed E-state index contributed by atoms with van der Waals surface area (Å²) in [7, 11) is 0. The molecule has 1 N–H and O–H groups in total. The maximum Gasteiger partial charge on any atom is 0.416 e. The molecule has 0 saturated heterocycles. The second-order valence-electron chi connectivity index (χ2n) is 6.61. The Morgan fingerprint density at radius 2 is 1.75 bits per heavy atom. The Bertz CT molecular complexity index is 1250. The van der Waals surface area contributed by atoms with Crippen molar-refractivity contribution in [2.75, 3.05) is 5.32 Å². The first-order chi connectivity index (χ1) is 15.4. The van der Waals surface area contributed by atoms with E-state index in [0.717, 1.165) is 12.1 Å². The highest BCUT2D eigenvalue weighted by Gasteiger charge is 2.30. The van der Waals surface area contributed by atoms with E-state index in [1.54, 1.807) is 42.7 Å². The third kappa shape index (κ3) is 4.89. The van der Waals surface area contributed by atoms with Crippen LogP contribution >= 0.6 is 0 Å². The zero-order valence-corrected chi connectivity index (χ0v) is 16.4. The number of rotatable bonds is 5. The van der Waals surface area contributed by atoms with Crippen LogP contribution in [-0.4, -0.2) is 20.9 Å². The number of anilines is 1. The van der Waals surface area contributed by atoms with E-state index in [-0.39, 0.29) is 17.1 Å². The number of carbonyl (C=O) groups excluding carboxylic acids is 1. The van der Waals surface area contributed by atoms with Crippen LogP contribution in [0.5, 0.6) is 11.6 Å². The van der Waals surface area contributed by atoms with Crippen molar-refractivity contribution >= 4 is 11.6 Å². The molecular weight excluding hydrogens is 421 g/mol. The highest BCUT2D eigenvalue weighted by molar-refractivity contribution is 6.04. The number of aromatic nitrogens is 3. The molecule has 0 spiro atoms. The van der Waals surface area contributed by atoms with Crippen molar-refractivity contribution in [3.8, 4) is 22.9 Å². The molecular formula is C23H15F3N4O2. The molecule has 4 aromatic rings. The number of nitrogens with one attached hydrogen (secondary N) is 1. The average Bonchev–Trinajstić information content (AvgIpc) is 2.80. The maximum atomic E-state index is 12.9. The summed E-state index contributed by atoms with van der Waals surface area (Å²) in [6, 6.07) is 15.9. The Morgan fingerprint density at radius 1 is 0.906 bits per heavy atom. The first kappa shape index (κ1) is 21.0. The fraction of sp³-hybridized carbons (Fsp3) is 0.0435. The minimum Gasteiger partial charge on any atom is -0.438 e. The highest BCUT2D eigenvalue weighted by Crippen LogP contribution is 2.32. The number of nitrogens with zero attached hydrogens (tertiary/aromatic N) is 3. The van der Waals surface area contributed by atoms with Crippen LogP contribution < -0.4 is 10.1 Å². The van der Waals surface area contributed by atoms with E-state index >= 15 is 0 Å². The monoisotopic (exact) mass is 436 g/mol. The number of benzene rings is 2. The number of ether oxygens (including phenoxy) is 1. The third-order valence-corrected chi connectivity index (χ3v) is 4.39. The van der Waals surface area contributed by atoms with Crippen molar-refractivity contribution in [3.05, 3.63) is 96.6 Å². The summed E-state index contributed by atoms with van der Waals surface area (Å²) in [5, 5.41) is 2.47. The van der Waals surface area contributed by atoms with Crippen molar-refractivity contribution in [3.63, 3.8) is 0 Å². The van der Waals surface area contributed by atoms with Gasteiger partial charge in [0, 0.05) is 23.6 Å². The summed E-state index contributed by atoms with van der Waals surface area (Å²) in [4.78, 5) is 24.9. The Labute approximate surface area is 180 Å². The zero-order chi connectivity index (χ0) is 22.6. The Morgan fingerprint density at radius 3 is 2.53 bits per heavy atom. The van der Waals surface area contributed by atoms with E-state index in [0.29, 0.717) is 17.0 Å². The van der Waals surface area contributed by atoms with Gasteiger partial charge in [0.25, 0.3) is 5.91 Å². The minimum atomic E-state index is -4.50. The smallest absolute Gasteiger partial charge is 0.416 e. The van der Waals surface area contributed by atoms with Gasteiger partial charge in [-0.05, 0) is 54.6 Å². The number of amides is 1. The number of alkyl halides is 3. The Balaban J connectivity index is 1.55. The van der Waals surface area contributed by atoms with Gasteiger partial charge in [0.2, 0.25) is 5.88 Å². The number of pyridine rings is 1.